The molecule has 0 saturated heterocycles. The van der Waals surface area contributed by atoms with Crippen LogP contribution in [-0.2, 0) is 16.1 Å². The molecule has 0 atom stereocenters. The Hall–Kier alpha value is -1.82. The molecule has 1 rings (SSSR count). The van der Waals surface area contributed by atoms with Crippen molar-refractivity contribution < 1.29 is 13.9 Å². The Labute approximate surface area is 121 Å². The van der Waals surface area contributed by atoms with Crippen LogP contribution in [0.1, 0.15) is 12.5 Å². The zero-order chi connectivity index (χ0) is 15.0. The number of rotatable bonds is 5. The van der Waals surface area contributed by atoms with Crippen molar-refractivity contribution in [1.29, 1.82) is 0 Å². The molecule has 0 unspecified atom stereocenters. The van der Waals surface area contributed by atoms with Gasteiger partial charge in [0.2, 0.25) is 0 Å². The minimum atomic E-state index is -0.583. The van der Waals surface area contributed by atoms with Gasteiger partial charge in [-0.05, 0) is 19.2 Å². The van der Waals surface area contributed by atoms with E-state index in [2.05, 4.69) is 4.99 Å². The van der Waals surface area contributed by atoms with Crippen LogP contribution in [0.3, 0.4) is 0 Å². The summed E-state index contributed by atoms with van der Waals surface area (Å²) in [6.45, 7) is 2.15. The fraction of sp³-hybridized carbons (Fsp3) is 0.286. The first-order valence-electron chi connectivity index (χ1n) is 6.04. The number of hydrogen-bond acceptors (Lipinski definition) is 5. The lowest BCUT2D eigenvalue weighted by Gasteiger charge is -2.03. The standard InChI is InChI=1S/C14H17FN2O2S/c1-3-19-14(18)12(16)8-13(20-2)17-9-10-6-4-5-7-11(10)15/h4-8H,3,9,16H2,1-2H3. The summed E-state index contributed by atoms with van der Waals surface area (Å²) in [4.78, 5) is 15.6. The van der Waals surface area contributed by atoms with Gasteiger partial charge in [0.1, 0.15) is 11.5 Å². The number of thioether (sulfide) groups is 1. The number of aliphatic imine (C=N–C) groups is 1. The number of ether oxygens (including phenoxy) is 1. The largest absolute Gasteiger partial charge is 0.461 e. The lowest BCUT2D eigenvalue weighted by atomic mass is 10.2. The molecule has 1 aromatic rings. The van der Waals surface area contributed by atoms with Crippen LogP contribution in [0.25, 0.3) is 0 Å². The number of benzene rings is 1. The van der Waals surface area contributed by atoms with Crippen molar-refractivity contribution in [2.75, 3.05) is 12.9 Å². The van der Waals surface area contributed by atoms with Crippen LogP contribution in [-0.4, -0.2) is 23.9 Å². The maximum Gasteiger partial charge on any atom is 0.354 e. The Balaban J connectivity index is 2.80. The topological polar surface area (TPSA) is 64.7 Å². The van der Waals surface area contributed by atoms with E-state index < -0.39 is 5.97 Å². The van der Waals surface area contributed by atoms with Crippen molar-refractivity contribution in [2.24, 2.45) is 10.7 Å². The molecular formula is C14H17FN2O2S. The summed E-state index contributed by atoms with van der Waals surface area (Å²) in [6.07, 6.45) is 3.23. The lowest BCUT2D eigenvalue weighted by Crippen LogP contribution is -2.15. The van der Waals surface area contributed by atoms with Gasteiger partial charge in [0, 0.05) is 11.6 Å². The first kappa shape index (κ1) is 16.2. The third-order valence-corrected chi connectivity index (χ3v) is 3.03. The Bertz CT molecular complexity index is 530. The highest BCUT2D eigenvalue weighted by Crippen LogP contribution is 2.10. The number of hydrogen-bond donors (Lipinski definition) is 1. The first-order valence-corrected chi connectivity index (χ1v) is 7.27. The van der Waals surface area contributed by atoms with E-state index in [9.17, 15) is 9.18 Å². The molecule has 0 spiro atoms. The molecule has 0 amide bonds. The summed E-state index contributed by atoms with van der Waals surface area (Å²) in [5, 5.41) is 0.541. The minimum Gasteiger partial charge on any atom is -0.461 e. The van der Waals surface area contributed by atoms with Crippen LogP contribution in [0.15, 0.2) is 41.0 Å². The van der Waals surface area contributed by atoms with Crippen molar-refractivity contribution in [3.05, 3.63) is 47.4 Å². The highest BCUT2D eigenvalue weighted by molar-refractivity contribution is 8.13. The summed E-state index contributed by atoms with van der Waals surface area (Å²) in [7, 11) is 0. The highest BCUT2D eigenvalue weighted by atomic mass is 32.2. The number of carbonyl (C=O) groups excluding carboxylic acids is 1. The predicted molar refractivity (Wildman–Crippen MR) is 80.0 cm³/mol. The Morgan fingerprint density at radius 3 is 2.80 bits per heavy atom. The molecule has 0 fully saturated rings. The summed E-state index contributed by atoms with van der Waals surface area (Å²) in [6, 6.07) is 6.41. The smallest absolute Gasteiger partial charge is 0.354 e. The minimum absolute atomic E-state index is 0.0199. The van der Waals surface area contributed by atoms with Crippen molar-refractivity contribution in [1.82, 2.24) is 0 Å². The van der Waals surface area contributed by atoms with E-state index in [1.165, 1.54) is 23.9 Å². The molecule has 0 aliphatic heterocycles. The molecule has 2 N–H and O–H groups in total. The van der Waals surface area contributed by atoms with E-state index in [1.54, 1.807) is 31.4 Å². The molecule has 0 bridgehead atoms. The van der Waals surface area contributed by atoms with Crippen LogP contribution in [0.4, 0.5) is 4.39 Å². The van der Waals surface area contributed by atoms with Gasteiger partial charge in [-0.3, -0.25) is 4.99 Å². The second kappa shape index (κ2) is 8.37. The maximum atomic E-state index is 13.4. The number of nitrogens with zero attached hydrogens (tertiary/aromatic N) is 1. The van der Waals surface area contributed by atoms with Crippen molar-refractivity contribution in [2.45, 2.75) is 13.5 Å². The molecule has 0 saturated carbocycles. The third-order valence-electron chi connectivity index (χ3n) is 2.36. The van der Waals surface area contributed by atoms with Gasteiger partial charge in [-0.1, -0.05) is 18.2 Å². The second-order valence-electron chi connectivity index (χ2n) is 3.77. The molecule has 108 valence electrons. The van der Waals surface area contributed by atoms with Gasteiger partial charge in [-0.2, -0.15) is 0 Å². The van der Waals surface area contributed by atoms with Crippen LogP contribution in [0.5, 0.6) is 0 Å². The number of esters is 1. The summed E-state index contributed by atoms with van der Waals surface area (Å²) < 4.78 is 18.2. The molecule has 0 heterocycles. The molecule has 6 heteroatoms. The highest BCUT2D eigenvalue weighted by Gasteiger charge is 2.07. The fourth-order valence-electron chi connectivity index (χ4n) is 1.37. The number of nitrogens with two attached hydrogens (primary N) is 1. The van der Waals surface area contributed by atoms with E-state index in [4.69, 9.17) is 10.5 Å². The number of halogens is 1. The van der Waals surface area contributed by atoms with Crippen LogP contribution in [0, 0.1) is 5.82 Å². The van der Waals surface area contributed by atoms with Crippen LogP contribution in [0.2, 0.25) is 0 Å². The second-order valence-corrected chi connectivity index (χ2v) is 4.60. The lowest BCUT2D eigenvalue weighted by molar-refractivity contribution is -0.138. The van der Waals surface area contributed by atoms with Gasteiger partial charge in [0.05, 0.1) is 18.2 Å². The molecule has 0 radical (unpaired) electrons. The van der Waals surface area contributed by atoms with Crippen LogP contribution >= 0.6 is 11.8 Å². The van der Waals surface area contributed by atoms with Crippen molar-refractivity contribution in [3.8, 4) is 0 Å². The Morgan fingerprint density at radius 2 is 2.20 bits per heavy atom. The molecule has 0 aromatic heterocycles. The quantitative estimate of drug-likeness (QED) is 0.392. The normalized spacial score (nSPS) is 12.3. The van der Waals surface area contributed by atoms with E-state index in [0.29, 0.717) is 10.6 Å². The molecule has 0 aliphatic carbocycles. The average Bonchev–Trinajstić information content (AvgIpc) is 2.44. The summed E-state index contributed by atoms with van der Waals surface area (Å²) in [5.41, 5.74) is 6.07. The predicted octanol–water partition coefficient (Wildman–Crippen LogP) is 2.49. The average molecular weight is 296 g/mol. The van der Waals surface area contributed by atoms with E-state index in [-0.39, 0.29) is 24.7 Å². The summed E-state index contributed by atoms with van der Waals surface area (Å²) in [5.74, 6) is -0.890. The van der Waals surface area contributed by atoms with Gasteiger partial charge < -0.3 is 10.5 Å². The van der Waals surface area contributed by atoms with Gasteiger partial charge in [0.15, 0.2) is 0 Å². The van der Waals surface area contributed by atoms with E-state index in [1.807, 2.05) is 0 Å². The van der Waals surface area contributed by atoms with Gasteiger partial charge in [-0.25, -0.2) is 9.18 Å². The fourth-order valence-corrected chi connectivity index (χ4v) is 1.80. The van der Waals surface area contributed by atoms with Gasteiger partial charge in [-0.15, -0.1) is 11.8 Å². The SMILES string of the molecule is CCOC(=O)C(N)=CC(=NCc1ccccc1F)SC. The van der Waals surface area contributed by atoms with Gasteiger partial charge >= 0.3 is 5.97 Å². The van der Waals surface area contributed by atoms with E-state index >= 15 is 0 Å². The molecular weight excluding hydrogens is 279 g/mol. The monoisotopic (exact) mass is 296 g/mol. The van der Waals surface area contributed by atoms with Gasteiger partial charge in [0.25, 0.3) is 0 Å². The Morgan fingerprint density at radius 1 is 1.50 bits per heavy atom. The Kier molecular flexibility index (Phi) is 6.79. The third kappa shape index (κ3) is 5.05. The maximum absolute atomic E-state index is 13.4. The molecule has 20 heavy (non-hydrogen) atoms. The molecule has 0 aliphatic rings. The molecule has 1 aromatic carbocycles. The zero-order valence-corrected chi connectivity index (χ0v) is 12.2. The zero-order valence-electron chi connectivity index (χ0n) is 11.4. The summed E-state index contributed by atoms with van der Waals surface area (Å²) >= 11 is 1.32. The van der Waals surface area contributed by atoms with Crippen molar-refractivity contribution >= 4 is 22.8 Å². The van der Waals surface area contributed by atoms with E-state index in [0.717, 1.165) is 0 Å². The van der Waals surface area contributed by atoms with Crippen molar-refractivity contribution in [3.63, 3.8) is 0 Å². The number of carbonyl (C=O) groups is 1. The van der Waals surface area contributed by atoms with Crippen LogP contribution < -0.4 is 5.73 Å². The first-order chi connectivity index (χ1) is 9.58. The molecule has 4 nitrogen and oxygen atoms in total.